The molecule has 0 aromatic heterocycles. The summed E-state index contributed by atoms with van der Waals surface area (Å²) in [5.41, 5.74) is 2.05. The lowest BCUT2D eigenvalue weighted by atomic mass is 10.1. The summed E-state index contributed by atoms with van der Waals surface area (Å²) in [6.07, 6.45) is 2.93. The fraction of sp³-hybridized carbons (Fsp3) is 0.385. The molecule has 0 spiro atoms. The molecule has 1 heterocycles. The summed E-state index contributed by atoms with van der Waals surface area (Å²) >= 11 is 3.29. The summed E-state index contributed by atoms with van der Waals surface area (Å²) < 4.78 is 27.8. The van der Waals surface area contributed by atoms with Crippen LogP contribution in [0.5, 0.6) is 0 Å². The second-order valence-corrected chi connectivity index (χ2v) is 7.16. The van der Waals surface area contributed by atoms with E-state index in [1.807, 2.05) is 19.1 Å². The van der Waals surface area contributed by atoms with E-state index in [4.69, 9.17) is 0 Å². The van der Waals surface area contributed by atoms with Crippen LogP contribution in [-0.2, 0) is 10.0 Å². The van der Waals surface area contributed by atoms with Crippen LogP contribution in [0.2, 0.25) is 0 Å². The lowest BCUT2D eigenvalue weighted by Gasteiger charge is -2.15. The second kappa shape index (κ2) is 7.56. The molecule has 2 N–H and O–H groups in total. The molecule has 0 amide bonds. The van der Waals surface area contributed by atoms with E-state index in [9.17, 15) is 8.42 Å². The summed E-state index contributed by atoms with van der Waals surface area (Å²) in [5.74, 6) is 0. The Kier molecular flexibility index (Phi) is 6.68. The van der Waals surface area contributed by atoms with E-state index < -0.39 is 10.0 Å². The molecule has 7 heteroatoms. The smallest absolute Gasteiger partial charge is 0.241 e. The summed E-state index contributed by atoms with van der Waals surface area (Å²) in [5, 5.41) is 3.20. The first-order valence-electron chi connectivity index (χ1n) is 6.13. The van der Waals surface area contributed by atoms with Gasteiger partial charge in [-0.15, -0.1) is 12.4 Å². The number of hydrogen-bond donors (Lipinski definition) is 2. The molecule has 0 radical (unpaired) electrons. The topological polar surface area (TPSA) is 58.2 Å². The molecule has 0 atom stereocenters. The number of rotatable bonds is 4. The SMILES string of the molecule is Cc1ccc(Br)c(S(=O)(=O)NCC2=CCNCC2)c1.Cl. The number of nitrogens with one attached hydrogen (secondary N) is 2. The van der Waals surface area contributed by atoms with E-state index in [0.29, 0.717) is 15.9 Å². The lowest BCUT2D eigenvalue weighted by Crippen LogP contribution is -2.30. The Morgan fingerprint density at radius 1 is 1.40 bits per heavy atom. The van der Waals surface area contributed by atoms with Crippen LogP contribution in [0.3, 0.4) is 0 Å². The third kappa shape index (κ3) is 4.56. The maximum Gasteiger partial charge on any atom is 0.241 e. The Hall–Kier alpha value is -0.400. The highest BCUT2D eigenvalue weighted by Gasteiger charge is 2.18. The van der Waals surface area contributed by atoms with E-state index >= 15 is 0 Å². The van der Waals surface area contributed by atoms with Crippen LogP contribution in [0, 0.1) is 6.92 Å². The van der Waals surface area contributed by atoms with Gasteiger partial charge in [0.1, 0.15) is 0 Å². The molecule has 0 aliphatic carbocycles. The molecule has 0 unspecified atom stereocenters. The number of hydrogen-bond acceptors (Lipinski definition) is 3. The van der Waals surface area contributed by atoms with Gasteiger partial charge in [0.25, 0.3) is 0 Å². The summed E-state index contributed by atoms with van der Waals surface area (Å²) in [4.78, 5) is 0.294. The van der Waals surface area contributed by atoms with Gasteiger partial charge in [-0.2, -0.15) is 0 Å². The fourth-order valence-electron chi connectivity index (χ4n) is 1.91. The van der Waals surface area contributed by atoms with Gasteiger partial charge in [0, 0.05) is 17.6 Å². The first-order chi connectivity index (χ1) is 8.99. The van der Waals surface area contributed by atoms with Gasteiger partial charge in [-0.05, 0) is 53.5 Å². The Labute approximate surface area is 134 Å². The summed E-state index contributed by atoms with van der Waals surface area (Å²) in [7, 11) is -3.47. The minimum atomic E-state index is -3.47. The van der Waals surface area contributed by atoms with Gasteiger partial charge in [0.05, 0.1) is 4.90 Å². The van der Waals surface area contributed by atoms with E-state index in [1.54, 1.807) is 12.1 Å². The normalized spacial score (nSPS) is 15.4. The van der Waals surface area contributed by atoms with Crippen molar-refractivity contribution in [3.05, 3.63) is 39.9 Å². The highest BCUT2D eigenvalue weighted by Crippen LogP contribution is 2.23. The molecular weight excluding hydrogens is 364 g/mol. The van der Waals surface area contributed by atoms with Crippen LogP contribution in [0.1, 0.15) is 12.0 Å². The van der Waals surface area contributed by atoms with Crippen LogP contribution >= 0.6 is 28.3 Å². The lowest BCUT2D eigenvalue weighted by molar-refractivity contribution is 0.581. The molecule has 0 saturated heterocycles. The van der Waals surface area contributed by atoms with Crippen LogP contribution in [-0.4, -0.2) is 28.1 Å². The first-order valence-corrected chi connectivity index (χ1v) is 8.41. The molecule has 0 fully saturated rings. The van der Waals surface area contributed by atoms with E-state index in [1.165, 1.54) is 0 Å². The zero-order chi connectivity index (χ0) is 13.9. The average molecular weight is 382 g/mol. The van der Waals surface area contributed by atoms with Gasteiger partial charge in [-0.3, -0.25) is 0 Å². The molecule has 1 aliphatic rings. The third-order valence-electron chi connectivity index (χ3n) is 3.02. The average Bonchev–Trinajstić information content (AvgIpc) is 2.40. The number of benzene rings is 1. The fourth-order valence-corrected chi connectivity index (χ4v) is 3.99. The van der Waals surface area contributed by atoms with Crippen molar-refractivity contribution in [2.45, 2.75) is 18.2 Å². The van der Waals surface area contributed by atoms with Gasteiger partial charge in [0.2, 0.25) is 10.0 Å². The maximum atomic E-state index is 12.3. The van der Waals surface area contributed by atoms with Crippen LogP contribution in [0.25, 0.3) is 0 Å². The molecule has 1 aromatic rings. The predicted molar refractivity (Wildman–Crippen MR) is 86.9 cm³/mol. The Morgan fingerprint density at radius 2 is 2.15 bits per heavy atom. The Morgan fingerprint density at radius 3 is 2.80 bits per heavy atom. The van der Waals surface area contributed by atoms with Gasteiger partial charge >= 0.3 is 0 Å². The number of halogens is 2. The largest absolute Gasteiger partial charge is 0.313 e. The van der Waals surface area contributed by atoms with Gasteiger partial charge in [-0.25, -0.2) is 13.1 Å². The summed E-state index contributed by atoms with van der Waals surface area (Å²) in [6, 6.07) is 5.30. The van der Waals surface area contributed by atoms with Gasteiger partial charge in [0.15, 0.2) is 0 Å². The number of sulfonamides is 1. The monoisotopic (exact) mass is 380 g/mol. The minimum absolute atomic E-state index is 0. The van der Waals surface area contributed by atoms with E-state index in [0.717, 1.165) is 30.6 Å². The Balaban J connectivity index is 0.00000200. The van der Waals surface area contributed by atoms with Crippen LogP contribution < -0.4 is 10.0 Å². The molecule has 1 aromatic carbocycles. The second-order valence-electron chi connectivity index (χ2n) is 4.57. The van der Waals surface area contributed by atoms with Crippen LogP contribution in [0.15, 0.2) is 39.2 Å². The van der Waals surface area contributed by atoms with E-state index in [2.05, 4.69) is 26.0 Å². The minimum Gasteiger partial charge on any atom is -0.313 e. The molecule has 4 nitrogen and oxygen atoms in total. The predicted octanol–water partition coefficient (Wildman–Crippen LogP) is 2.38. The molecule has 112 valence electrons. The zero-order valence-electron chi connectivity index (χ0n) is 11.1. The highest BCUT2D eigenvalue weighted by atomic mass is 79.9. The molecule has 20 heavy (non-hydrogen) atoms. The van der Waals surface area contributed by atoms with Crippen molar-refractivity contribution in [1.29, 1.82) is 0 Å². The van der Waals surface area contributed by atoms with Crippen molar-refractivity contribution < 1.29 is 8.42 Å². The molecule has 1 aliphatic heterocycles. The quantitative estimate of drug-likeness (QED) is 0.787. The van der Waals surface area contributed by atoms with E-state index in [-0.39, 0.29) is 12.4 Å². The first kappa shape index (κ1) is 17.7. The van der Waals surface area contributed by atoms with Crippen LogP contribution in [0.4, 0.5) is 0 Å². The number of aryl methyl sites for hydroxylation is 1. The Bertz CT molecular complexity index is 602. The zero-order valence-corrected chi connectivity index (χ0v) is 14.4. The van der Waals surface area contributed by atoms with Crippen molar-refractivity contribution in [3.8, 4) is 0 Å². The third-order valence-corrected chi connectivity index (χ3v) is 5.42. The van der Waals surface area contributed by atoms with Gasteiger partial charge < -0.3 is 5.32 Å². The molecular formula is C13H18BrClN2O2S. The van der Waals surface area contributed by atoms with Crippen molar-refractivity contribution in [3.63, 3.8) is 0 Å². The van der Waals surface area contributed by atoms with Crippen molar-refractivity contribution in [2.24, 2.45) is 0 Å². The standard InChI is InChI=1S/C13H17BrN2O2S.ClH/c1-10-2-3-12(14)13(8-10)19(17,18)16-9-11-4-6-15-7-5-11;/h2-4,8,15-16H,5-7,9H2,1H3;1H. The van der Waals surface area contributed by atoms with Crippen molar-refractivity contribution >= 4 is 38.4 Å². The van der Waals surface area contributed by atoms with Gasteiger partial charge in [-0.1, -0.05) is 17.7 Å². The van der Waals surface area contributed by atoms with Crippen molar-refractivity contribution in [2.75, 3.05) is 19.6 Å². The molecule has 0 saturated carbocycles. The molecule has 2 rings (SSSR count). The maximum absolute atomic E-state index is 12.3. The van der Waals surface area contributed by atoms with Crippen molar-refractivity contribution in [1.82, 2.24) is 10.0 Å². The molecule has 0 bridgehead atoms. The highest BCUT2D eigenvalue weighted by molar-refractivity contribution is 9.10. The summed E-state index contributed by atoms with van der Waals surface area (Å²) in [6.45, 7) is 3.97.